The lowest BCUT2D eigenvalue weighted by molar-refractivity contribution is 0.291. The van der Waals surface area contributed by atoms with Crippen molar-refractivity contribution in [3.05, 3.63) is 27.2 Å². The average Bonchev–Trinajstić information content (AvgIpc) is 2.43. The van der Waals surface area contributed by atoms with E-state index in [0.29, 0.717) is 5.75 Å². The first-order valence-corrected chi connectivity index (χ1v) is 8.24. The van der Waals surface area contributed by atoms with Crippen molar-refractivity contribution >= 4 is 15.9 Å². The van der Waals surface area contributed by atoms with Crippen LogP contribution in [0.4, 0.5) is 0 Å². The monoisotopic (exact) mass is 323 g/mol. The molecule has 0 atom stereocenters. The third kappa shape index (κ3) is 2.31. The zero-order valence-corrected chi connectivity index (χ0v) is 12.9. The summed E-state index contributed by atoms with van der Waals surface area (Å²) in [5.41, 5.74) is 9.94. The normalized spacial score (nSPS) is 22.0. The third-order valence-corrected chi connectivity index (χ3v) is 5.69. The standard InChI is InChI=1S/C16H22BrNO/c17-14-12-7-3-2-6-11(12)10-13(15(14)19)16(18)8-4-1-5-9-16/h10,19H,1-9,18H2. The molecule has 2 aliphatic rings. The Hall–Kier alpha value is -0.540. The predicted molar refractivity (Wildman–Crippen MR) is 81.4 cm³/mol. The van der Waals surface area contributed by atoms with E-state index < -0.39 is 0 Å². The van der Waals surface area contributed by atoms with Crippen molar-refractivity contribution in [1.82, 2.24) is 0 Å². The number of phenolic OH excluding ortho intramolecular Hbond substituents is 1. The van der Waals surface area contributed by atoms with Crippen LogP contribution in [0.15, 0.2) is 10.5 Å². The molecule has 3 heteroatoms. The van der Waals surface area contributed by atoms with Gasteiger partial charge in [-0.25, -0.2) is 0 Å². The van der Waals surface area contributed by atoms with Crippen LogP contribution in [0.25, 0.3) is 0 Å². The van der Waals surface area contributed by atoms with Gasteiger partial charge < -0.3 is 10.8 Å². The lowest BCUT2D eigenvalue weighted by atomic mass is 9.75. The minimum Gasteiger partial charge on any atom is -0.506 e. The number of hydrogen-bond donors (Lipinski definition) is 2. The van der Waals surface area contributed by atoms with Crippen molar-refractivity contribution in [2.75, 3.05) is 0 Å². The minimum atomic E-state index is -0.322. The van der Waals surface area contributed by atoms with Gasteiger partial charge in [0.15, 0.2) is 0 Å². The molecule has 2 nitrogen and oxygen atoms in total. The largest absolute Gasteiger partial charge is 0.506 e. The molecule has 0 radical (unpaired) electrons. The van der Waals surface area contributed by atoms with Crippen molar-refractivity contribution < 1.29 is 5.11 Å². The molecule has 3 rings (SSSR count). The number of phenols is 1. The second kappa shape index (κ2) is 5.10. The Labute approximate surface area is 123 Å². The number of aromatic hydroxyl groups is 1. The molecule has 0 aliphatic heterocycles. The second-order valence-corrected chi connectivity index (χ2v) is 6.94. The zero-order valence-electron chi connectivity index (χ0n) is 11.3. The number of hydrogen-bond acceptors (Lipinski definition) is 2. The summed E-state index contributed by atoms with van der Waals surface area (Å²) in [6.45, 7) is 0. The number of rotatable bonds is 1. The van der Waals surface area contributed by atoms with E-state index in [1.54, 1.807) is 0 Å². The highest BCUT2D eigenvalue weighted by Crippen LogP contribution is 2.45. The molecule has 0 saturated heterocycles. The summed E-state index contributed by atoms with van der Waals surface area (Å²) < 4.78 is 0.898. The van der Waals surface area contributed by atoms with Crippen LogP contribution in [0.2, 0.25) is 0 Å². The van der Waals surface area contributed by atoms with Crippen LogP contribution in [-0.4, -0.2) is 5.11 Å². The Morgan fingerprint density at radius 2 is 1.74 bits per heavy atom. The van der Waals surface area contributed by atoms with Crippen LogP contribution in [0.5, 0.6) is 5.75 Å². The molecule has 0 heterocycles. The summed E-state index contributed by atoms with van der Waals surface area (Å²) in [7, 11) is 0. The molecule has 1 aromatic rings. The Morgan fingerprint density at radius 1 is 1.05 bits per heavy atom. The van der Waals surface area contributed by atoms with Gasteiger partial charge in [0.05, 0.1) is 4.47 Å². The number of fused-ring (bicyclic) bond motifs is 1. The van der Waals surface area contributed by atoms with Crippen LogP contribution in [0.1, 0.15) is 61.6 Å². The van der Waals surface area contributed by atoms with Crippen molar-refractivity contribution in [3.8, 4) is 5.75 Å². The van der Waals surface area contributed by atoms with Crippen LogP contribution in [0.3, 0.4) is 0 Å². The molecule has 1 saturated carbocycles. The Bertz CT molecular complexity index is 492. The molecule has 0 amide bonds. The van der Waals surface area contributed by atoms with Gasteiger partial charge in [0, 0.05) is 11.1 Å². The van der Waals surface area contributed by atoms with E-state index in [4.69, 9.17) is 5.73 Å². The van der Waals surface area contributed by atoms with Gasteiger partial charge >= 0.3 is 0 Å². The molecule has 0 aromatic heterocycles. The Balaban J connectivity index is 2.08. The molecule has 0 spiro atoms. The van der Waals surface area contributed by atoms with Crippen LogP contribution < -0.4 is 5.73 Å². The first-order chi connectivity index (χ1) is 9.12. The van der Waals surface area contributed by atoms with Gasteiger partial charge in [0.25, 0.3) is 0 Å². The van der Waals surface area contributed by atoms with E-state index in [9.17, 15) is 5.11 Å². The Kier molecular flexibility index (Phi) is 3.61. The molecule has 0 unspecified atom stereocenters. The van der Waals surface area contributed by atoms with Crippen molar-refractivity contribution in [1.29, 1.82) is 0 Å². The maximum absolute atomic E-state index is 10.5. The summed E-state index contributed by atoms with van der Waals surface area (Å²) in [5, 5.41) is 10.5. The van der Waals surface area contributed by atoms with Gasteiger partial charge in [-0.1, -0.05) is 19.3 Å². The molecule has 1 aromatic carbocycles. The van der Waals surface area contributed by atoms with Crippen molar-refractivity contribution in [2.45, 2.75) is 63.3 Å². The average molecular weight is 324 g/mol. The molecular formula is C16H22BrNO. The van der Waals surface area contributed by atoms with Crippen molar-refractivity contribution in [3.63, 3.8) is 0 Å². The van der Waals surface area contributed by atoms with E-state index in [2.05, 4.69) is 22.0 Å². The van der Waals surface area contributed by atoms with Gasteiger partial charge in [-0.05, 0) is 71.6 Å². The first-order valence-electron chi connectivity index (χ1n) is 7.44. The minimum absolute atomic E-state index is 0.322. The molecule has 2 aliphatic carbocycles. The number of benzene rings is 1. The lowest BCUT2D eigenvalue weighted by Crippen LogP contribution is -2.39. The van der Waals surface area contributed by atoms with Crippen LogP contribution in [0, 0.1) is 0 Å². The molecular weight excluding hydrogens is 302 g/mol. The summed E-state index contributed by atoms with van der Waals surface area (Å²) in [6.07, 6.45) is 10.3. The molecule has 0 bridgehead atoms. The molecule has 19 heavy (non-hydrogen) atoms. The SMILES string of the molecule is NC1(c2cc3c(c(Br)c2O)CCCC3)CCCCC1. The second-order valence-electron chi connectivity index (χ2n) is 6.15. The van der Waals surface area contributed by atoms with Crippen LogP contribution >= 0.6 is 15.9 Å². The van der Waals surface area contributed by atoms with E-state index in [0.717, 1.165) is 35.7 Å². The number of halogens is 1. The Morgan fingerprint density at radius 3 is 2.47 bits per heavy atom. The smallest absolute Gasteiger partial charge is 0.135 e. The fraction of sp³-hybridized carbons (Fsp3) is 0.625. The summed E-state index contributed by atoms with van der Waals surface area (Å²) >= 11 is 3.60. The quantitative estimate of drug-likeness (QED) is 0.815. The summed E-state index contributed by atoms with van der Waals surface area (Å²) in [5.74, 6) is 0.394. The zero-order chi connectivity index (χ0) is 13.5. The maximum atomic E-state index is 10.5. The third-order valence-electron chi connectivity index (χ3n) is 4.84. The summed E-state index contributed by atoms with van der Waals surface area (Å²) in [4.78, 5) is 0. The number of nitrogens with two attached hydrogens (primary N) is 1. The fourth-order valence-electron chi connectivity index (χ4n) is 3.67. The molecule has 3 N–H and O–H groups in total. The van der Waals surface area contributed by atoms with E-state index in [1.807, 2.05) is 0 Å². The van der Waals surface area contributed by atoms with Crippen molar-refractivity contribution in [2.24, 2.45) is 5.73 Å². The number of aryl methyl sites for hydroxylation is 1. The summed E-state index contributed by atoms with van der Waals surface area (Å²) in [6, 6.07) is 2.19. The lowest BCUT2D eigenvalue weighted by Gasteiger charge is -2.35. The van der Waals surface area contributed by atoms with Crippen LogP contribution in [-0.2, 0) is 18.4 Å². The predicted octanol–water partition coefficient (Wildman–Crippen LogP) is 4.15. The van der Waals surface area contributed by atoms with E-state index in [1.165, 1.54) is 43.2 Å². The van der Waals surface area contributed by atoms with E-state index >= 15 is 0 Å². The maximum Gasteiger partial charge on any atom is 0.135 e. The fourth-order valence-corrected chi connectivity index (χ4v) is 4.34. The first kappa shape index (κ1) is 13.4. The molecule has 1 fully saturated rings. The highest BCUT2D eigenvalue weighted by molar-refractivity contribution is 9.10. The van der Waals surface area contributed by atoms with Gasteiger partial charge in [-0.3, -0.25) is 0 Å². The van der Waals surface area contributed by atoms with E-state index in [-0.39, 0.29) is 5.54 Å². The van der Waals surface area contributed by atoms with Gasteiger partial charge in [0.1, 0.15) is 5.75 Å². The highest BCUT2D eigenvalue weighted by Gasteiger charge is 2.34. The van der Waals surface area contributed by atoms with Gasteiger partial charge in [0.2, 0.25) is 0 Å². The molecule has 104 valence electrons. The topological polar surface area (TPSA) is 46.2 Å². The van der Waals surface area contributed by atoms with Gasteiger partial charge in [-0.2, -0.15) is 0 Å². The van der Waals surface area contributed by atoms with Gasteiger partial charge in [-0.15, -0.1) is 0 Å². The highest BCUT2D eigenvalue weighted by atomic mass is 79.9.